The Bertz CT molecular complexity index is 694. The first-order valence-electron chi connectivity index (χ1n) is 11.4. The number of benzene rings is 1. The maximum Gasteiger partial charge on any atom is 0.407 e. The third kappa shape index (κ3) is 5.67. The lowest BCUT2D eigenvalue weighted by Gasteiger charge is -2.48. The van der Waals surface area contributed by atoms with Crippen LogP contribution >= 0.6 is 0 Å². The third-order valence-corrected chi connectivity index (χ3v) is 6.65. The SMILES string of the molecule is CC(C)(C)C1CC(O)(c2ccc(OCCCN3CCCCC3)cc2)CCN1C(=O)O. The van der Waals surface area contributed by atoms with Crippen molar-refractivity contribution in [3.05, 3.63) is 29.8 Å². The number of hydrogen-bond acceptors (Lipinski definition) is 4. The summed E-state index contributed by atoms with van der Waals surface area (Å²) in [5.41, 5.74) is -0.427. The quantitative estimate of drug-likeness (QED) is 0.673. The monoisotopic (exact) mass is 418 g/mol. The van der Waals surface area contributed by atoms with Gasteiger partial charge < -0.3 is 24.7 Å². The molecule has 6 nitrogen and oxygen atoms in total. The lowest BCUT2D eigenvalue weighted by Crippen LogP contribution is -2.55. The molecule has 2 N–H and O–H groups in total. The summed E-state index contributed by atoms with van der Waals surface area (Å²) in [6, 6.07) is 7.46. The summed E-state index contributed by atoms with van der Waals surface area (Å²) in [5, 5.41) is 20.9. The molecule has 3 rings (SSSR count). The van der Waals surface area contributed by atoms with Crippen molar-refractivity contribution < 1.29 is 19.7 Å². The number of carboxylic acid groups (broad SMARTS) is 1. The Balaban J connectivity index is 1.56. The number of amides is 1. The average molecular weight is 419 g/mol. The van der Waals surface area contributed by atoms with Crippen molar-refractivity contribution in [1.29, 1.82) is 0 Å². The van der Waals surface area contributed by atoms with Crippen molar-refractivity contribution in [3.8, 4) is 5.75 Å². The molecule has 2 fully saturated rings. The van der Waals surface area contributed by atoms with Gasteiger partial charge in [0.05, 0.1) is 12.2 Å². The third-order valence-electron chi connectivity index (χ3n) is 6.65. The second-order valence-electron chi connectivity index (χ2n) is 9.97. The Kier molecular flexibility index (Phi) is 7.30. The van der Waals surface area contributed by atoms with Gasteiger partial charge in [-0.3, -0.25) is 0 Å². The Hall–Kier alpha value is -1.79. The molecule has 2 aliphatic rings. The van der Waals surface area contributed by atoms with Crippen molar-refractivity contribution in [2.75, 3.05) is 32.8 Å². The molecule has 0 saturated carbocycles. The molecule has 0 radical (unpaired) electrons. The fourth-order valence-corrected chi connectivity index (χ4v) is 4.78. The molecule has 1 aromatic carbocycles. The summed E-state index contributed by atoms with van der Waals surface area (Å²) in [6.07, 6.45) is 4.89. The Labute approximate surface area is 180 Å². The van der Waals surface area contributed by atoms with Crippen LogP contribution in [-0.4, -0.2) is 64.9 Å². The van der Waals surface area contributed by atoms with Gasteiger partial charge in [-0.05, 0) is 61.9 Å². The van der Waals surface area contributed by atoms with Crippen LogP contribution in [0.3, 0.4) is 0 Å². The summed E-state index contributed by atoms with van der Waals surface area (Å²) < 4.78 is 5.90. The average Bonchev–Trinajstić information content (AvgIpc) is 2.71. The number of rotatable bonds is 6. The molecule has 2 atom stereocenters. The molecule has 1 aromatic rings. The first-order valence-corrected chi connectivity index (χ1v) is 11.4. The minimum Gasteiger partial charge on any atom is -0.494 e. The molecule has 0 aliphatic carbocycles. The van der Waals surface area contributed by atoms with Gasteiger partial charge in [0.2, 0.25) is 0 Å². The Morgan fingerprint density at radius 3 is 2.40 bits per heavy atom. The summed E-state index contributed by atoms with van der Waals surface area (Å²) in [4.78, 5) is 15.6. The zero-order valence-corrected chi connectivity index (χ0v) is 18.8. The molecular formula is C24H38N2O4. The first-order chi connectivity index (χ1) is 14.2. The summed E-state index contributed by atoms with van der Waals surface area (Å²) in [7, 11) is 0. The molecular weight excluding hydrogens is 380 g/mol. The smallest absolute Gasteiger partial charge is 0.407 e. The molecule has 168 valence electrons. The number of hydrogen-bond donors (Lipinski definition) is 2. The molecule has 0 aromatic heterocycles. The normalized spacial score (nSPS) is 25.9. The topological polar surface area (TPSA) is 73.2 Å². The van der Waals surface area contributed by atoms with E-state index in [1.54, 1.807) is 0 Å². The Morgan fingerprint density at radius 1 is 1.13 bits per heavy atom. The standard InChI is InChI=1S/C24H38N2O4/c1-23(2,3)21-18-24(29,12-16-26(21)22(27)28)19-8-10-20(11-9-19)30-17-7-15-25-13-5-4-6-14-25/h8-11,21,29H,4-7,12-18H2,1-3H3,(H,27,28). The Morgan fingerprint density at radius 2 is 1.80 bits per heavy atom. The van der Waals surface area contributed by atoms with E-state index in [4.69, 9.17) is 4.74 Å². The van der Waals surface area contributed by atoms with Gasteiger partial charge in [0.15, 0.2) is 0 Å². The van der Waals surface area contributed by atoms with Crippen LogP contribution in [0.2, 0.25) is 0 Å². The van der Waals surface area contributed by atoms with Crippen LogP contribution in [0.15, 0.2) is 24.3 Å². The van der Waals surface area contributed by atoms with Gasteiger partial charge >= 0.3 is 6.09 Å². The number of ether oxygens (including phenoxy) is 1. The van der Waals surface area contributed by atoms with E-state index in [-0.39, 0.29) is 11.5 Å². The van der Waals surface area contributed by atoms with Gasteiger partial charge in [-0.15, -0.1) is 0 Å². The van der Waals surface area contributed by atoms with Crippen LogP contribution in [-0.2, 0) is 5.60 Å². The van der Waals surface area contributed by atoms with E-state index in [1.807, 2.05) is 45.0 Å². The van der Waals surface area contributed by atoms with E-state index in [0.717, 1.165) is 24.3 Å². The number of carbonyl (C=O) groups is 1. The van der Waals surface area contributed by atoms with E-state index in [0.29, 0.717) is 26.0 Å². The van der Waals surface area contributed by atoms with Crippen LogP contribution in [0.4, 0.5) is 4.79 Å². The molecule has 2 unspecified atom stereocenters. The van der Waals surface area contributed by atoms with E-state index in [1.165, 1.54) is 37.3 Å². The van der Waals surface area contributed by atoms with Crippen molar-refractivity contribution in [1.82, 2.24) is 9.80 Å². The second-order valence-corrected chi connectivity index (χ2v) is 9.97. The largest absolute Gasteiger partial charge is 0.494 e. The van der Waals surface area contributed by atoms with Crippen molar-refractivity contribution in [2.45, 2.75) is 70.9 Å². The van der Waals surface area contributed by atoms with Crippen LogP contribution in [0.5, 0.6) is 5.75 Å². The minimum atomic E-state index is -1.02. The lowest BCUT2D eigenvalue weighted by molar-refractivity contribution is -0.0687. The maximum atomic E-state index is 11.7. The molecule has 30 heavy (non-hydrogen) atoms. The highest BCUT2D eigenvalue weighted by atomic mass is 16.5. The lowest BCUT2D eigenvalue weighted by atomic mass is 9.72. The fourth-order valence-electron chi connectivity index (χ4n) is 4.78. The van der Waals surface area contributed by atoms with Gasteiger partial charge in [-0.2, -0.15) is 0 Å². The fraction of sp³-hybridized carbons (Fsp3) is 0.708. The summed E-state index contributed by atoms with van der Waals surface area (Å²) in [6.45, 7) is 10.6. The second kappa shape index (κ2) is 9.56. The van der Waals surface area contributed by atoms with Gasteiger partial charge in [0.1, 0.15) is 5.75 Å². The van der Waals surface area contributed by atoms with E-state index in [2.05, 4.69) is 4.90 Å². The van der Waals surface area contributed by atoms with Crippen LogP contribution in [0, 0.1) is 5.41 Å². The number of piperidine rings is 2. The van der Waals surface area contributed by atoms with Crippen LogP contribution in [0.1, 0.15) is 64.9 Å². The van der Waals surface area contributed by atoms with E-state index < -0.39 is 11.7 Å². The minimum absolute atomic E-state index is 0.237. The van der Waals surface area contributed by atoms with Gasteiger partial charge in [0.25, 0.3) is 0 Å². The molecule has 2 heterocycles. The highest BCUT2D eigenvalue weighted by molar-refractivity contribution is 5.66. The summed E-state index contributed by atoms with van der Waals surface area (Å²) in [5.74, 6) is 0.816. The van der Waals surface area contributed by atoms with Crippen molar-refractivity contribution in [3.63, 3.8) is 0 Å². The molecule has 0 bridgehead atoms. The van der Waals surface area contributed by atoms with Crippen molar-refractivity contribution in [2.24, 2.45) is 5.41 Å². The molecule has 6 heteroatoms. The zero-order valence-electron chi connectivity index (χ0n) is 18.8. The maximum absolute atomic E-state index is 11.7. The van der Waals surface area contributed by atoms with E-state index in [9.17, 15) is 15.0 Å². The predicted molar refractivity (Wildman–Crippen MR) is 118 cm³/mol. The van der Waals surface area contributed by atoms with Crippen molar-refractivity contribution >= 4 is 6.09 Å². The number of aliphatic hydroxyl groups is 1. The predicted octanol–water partition coefficient (Wildman–Crippen LogP) is 4.32. The van der Waals surface area contributed by atoms with Gasteiger partial charge in [0, 0.05) is 25.6 Å². The van der Waals surface area contributed by atoms with Crippen LogP contribution in [0.25, 0.3) is 0 Å². The summed E-state index contributed by atoms with van der Waals surface area (Å²) >= 11 is 0. The molecule has 1 amide bonds. The molecule has 0 spiro atoms. The molecule has 2 saturated heterocycles. The molecule has 2 aliphatic heterocycles. The highest BCUT2D eigenvalue weighted by Gasteiger charge is 2.45. The number of likely N-dealkylation sites (tertiary alicyclic amines) is 2. The van der Waals surface area contributed by atoms with Gasteiger partial charge in [-0.25, -0.2) is 4.79 Å². The number of nitrogens with zero attached hydrogens (tertiary/aromatic N) is 2. The van der Waals surface area contributed by atoms with Gasteiger partial charge in [-0.1, -0.05) is 39.3 Å². The first kappa shape index (κ1) is 22.9. The zero-order chi connectivity index (χ0) is 21.8. The van der Waals surface area contributed by atoms with E-state index >= 15 is 0 Å². The highest BCUT2D eigenvalue weighted by Crippen LogP contribution is 2.42. The van der Waals surface area contributed by atoms with Crippen LogP contribution < -0.4 is 4.74 Å².